The Balaban J connectivity index is 2.37. The molecule has 2 nitrogen and oxygen atoms in total. The van der Waals surface area contributed by atoms with Gasteiger partial charge in [0.2, 0.25) is 0 Å². The van der Waals surface area contributed by atoms with Crippen molar-refractivity contribution in [2.24, 2.45) is 0 Å². The Hall–Kier alpha value is -1.03. The molecule has 1 N–H and O–H groups in total. The average molecular weight is 306 g/mol. The summed E-state index contributed by atoms with van der Waals surface area (Å²) < 4.78 is 13.0. The fourth-order valence-corrected chi connectivity index (χ4v) is 1.97. The highest BCUT2D eigenvalue weighted by molar-refractivity contribution is 6.43. The van der Waals surface area contributed by atoms with Crippen molar-refractivity contribution in [2.45, 2.75) is 6.92 Å². The Labute approximate surface area is 119 Å². The molecule has 0 aliphatic rings. The average Bonchev–Trinajstić information content (AvgIpc) is 2.29. The first kappa shape index (κ1) is 13.4. The van der Waals surface area contributed by atoms with Gasteiger partial charge in [-0.25, -0.2) is 9.37 Å². The highest BCUT2D eigenvalue weighted by Crippen LogP contribution is 2.31. The summed E-state index contributed by atoms with van der Waals surface area (Å²) in [5.41, 5.74) is 1.43. The van der Waals surface area contributed by atoms with Crippen molar-refractivity contribution in [2.75, 3.05) is 5.32 Å². The lowest BCUT2D eigenvalue weighted by Crippen LogP contribution is -1.97. The van der Waals surface area contributed by atoms with Gasteiger partial charge in [-0.1, -0.05) is 34.8 Å². The molecule has 0 bridgehead atoms. The summed E-state index contributed by atoms with van der Waals surface area (Å²) in [6.07, 6.45) is 0. The van der Waals surface area contributed by atoms with Crippen LogP contribution in [0.5, 0.6) is 0 Å². The van der Waals surface area contributed by atoms with Crippen LogP contribution in [0.1, 0.15) is 5.56 Å². The molecule has 0 amide bonds. The SMILES string of the molecule is Cc1cc(F)ccc1Nc1nc(Cl)c(Cl)cc1Cl. The fourth-order valence-electron chi connectivity index (χ4n) is 1.43. The van der Waals surface area contributed by atoms with Crippen molar-refractivity contribution in [3.05, 3.63) is 50.8 Å². The van der Waals surface area contributed by atoms with Crippen molar-refractivity contribution in [1.29, 1.82) is 0 Å². The fraction of sp³-hybridized carbons (Fsp3) is 0.0833. The monoisotopic (exact) mass is 304 g/mol. The maximum Gasteiger partial charge on any atom is 0.151 e. The van der Waals surface area contributed by atoms with Gasteiger partial charge in [0.25, 0.3) is 0 Å². The van der Waals surface area contributed by atoms with E-state index < -0.39 is 0 Å². The van der Waals surface area contributed by atoms with Crippen LogP contribution in [0.25, 0.3) is 0 Å². The second-order valence-electron chi connectivity index (χ2n) is 3.68. The molecule has 0 radical (unpaired) electrons. The lowest BCUT2D eigenvalue weighted by molar-refractivity contribution is 0.627. The molecule has 94 valence electrons. The van der Waals surface area contributed by atoms with Crippen LogP contribution in [0, 0.1) is 12.7 Å². The molecule has 0 atom stereocenters. The van der Waals surface area contributed by atoms with E-state index >= 15 is 0 Å². The Morgan fingerprint density at radius 1 is 1.11 bits per heavy atom. The summed E-state index contributed by atoms with van der Waals surface area (Å²) >= 11 is 17.6. The molecule has 2 aromatic rings. The maximum atomic E-state index is 13.0. The first-order valence-electron chi connectivity index (χ1n) is 5.02. The third kappa shape index (κ3) is 2.86. The molecular weight excluding hydrogens is 298 g/mol. The predicted octanol–water partition coefficient (Wildman–Crippen LogP) is 5.23. The highest BCUT2D eigenvalue weighted by Gasteiger charge is 2.09. The molecule has 6 heteroatoms. The number of rotatable bonds is 2. The van der Waals surface area contributed by atoms with E-state index in [0.717, 1.165) is 5.56 Å². The largest absolute Gasteiger partial charge is 0.339 e. The quantitative estimate of drug-likeness (QED) is 0.768. The van der Waals surface area contributed by atoms with Gasteiger partial charge < -0.3 is 5.32 Å². The standard InChI is InChI=1S/C12H8Cl3FN2/c1-6-4-7(16)2-3-10(6)17-12-9(14)5-8(13)11(15)18-12/h2-5H,1H3,(H,17,18). The van der Waals surface area contributed by atoms with Crippen LogP contribution in [0.15, 0.2) is 24.3 Å². The van der Waals surface area contributed by atoms with E-state index in [-0.39, 0.29) is 16.0 Å². The lowest BCUT2D eigenvalue weighted by atomic mass is 10.2. The van der Waals surface area contributed by atoms with Crippen LogP contribution < -0.4 is 5.32 Å². The second-order valence-corrected chi connectivity index (χ2v) is 4.85. The molecule has 0 aliphatic heterocycles. The minimum atomic E-state index is -0.300. The zero-order valence-electron chi connectivity index (χ0n) is 9.27. The molecule has 0 saturated heterocycles. The summed E-state index contributed by atoms with van der Waals surface area (Å²) in [4.78, 5) is 4.03. The third-order valence-corrected chi connectivity index (χ3v) is 3.29. The van der Waals surface area contributed by atoms with Gasteiger partial charge in [-0.05, 0) is 36.8 Å². The van der Waals surface area contributed by atoms with Gasteiger partial charge in [0, 0.05) is 5.69 Å². The van der Waals surface area contributed by atoms with E-state index in [0.29, 0.717) is 16.5 Å². The predicted molar refractivity (Wildman–Crippen MR) is 73.7 cm³/mol. The van der Waals surface area contributed by atoms with Gasteiger partial charge in [0.15, 0.2) is 5.82 Å². The highest BCUT2D eigenvalue weighted by atomic mass is 35.5. The summed E-state index contributed by atoms with van der Waals surface area (Å²) in [5.74, 6) is 0.0759. The molecule has 1 heterocycles. The first-order chi connectivity index (χ1) is 8.47. The number of anilines is 2. The molecule has 18 heavy (non-hydrogen) atoms. The first-order valence-corrected chi connectivity index (χ1v) is 6.15. The molecular formula is C12H8Cl3FN2. The molecule has 0 fully saturated rings. The normalized spacial score (nSPS) is 10.5. The number of halogens is 4. The Bertz CT molecular complexity index is 602. The van der Waals surface area contributed by atoms with Crippen molar-refractivity contribution in [3.8, 4) is 0 Å². The van der Waals surface area contributed by atoms with Gasteiger partial charge >= 0.3 is 0 Å². The van der Waals surface area contributed by atoms with E-state index in [1.54, 1.807) is 13.0 Å². The van der Waals surface area contributed by atoms with E-state index in [4.69, 9.17) is 34.8 Å². The molecule has 0 unspecified atom stereocenters. The number of pyridine rings is 1. The minimum Gasteiger partial charge on any atom is -0.339 e. The number of hydrogen-bond donors (Lipinski definition) is 1. The van der Waals surface area contributed by atoms with Gasteiger partial charge in [-0.3, -0.25) is 0 Å². The van der Waals surface area contributed by atoms with Crippen molar-refractivity contribution >= 4 is 46.3 Å². The molecule has 1 aromatic heterocycles. The Kier molecular flexibility index (Phi) is 3.95. The van der Waals surface area contributed by atoms with E-state index in [2.05, 4.69) is 10.3 Å². The Morgan fingerprint density at radius 3 is 2.50 bits per heavy atom. The molecule has 1 aromatic carbocycles. The van der Waals surface area contributed by atoms with Crippen molar-refractivity contribution in [1.82, 2.24) is 4.98 Å². The van der Waals surface area contributed by atoms with Gasteiger partial charge in [-0.2, -0.15) is 0 Å². The van der Waals surface area contributed by atoms with Crippen molar-refractivity contribution < 1.29 is 4.39 Å². The number of nitrogens with zero attached hydrogens (tertiary/aromatic N) is 1. The summed E-state index contributed by atoms with van der Waals surface area (Å²) in [6, 6.07) is 5.86. The number of aryl methyl sites for hydroxylation is 1. The molecule has 0 saturated carbocycles. The van der Waals surface area contributed by atoms with E-state index in [9.17, 15) is 4.39 Å². The van der Waals surface area contributed by atoms with E-state index in [1.165, 1.54) is 18.2 Å². The maximum absolute atomic E-state index is 13.0. The summed E-state index contributed by atoms with van der Waals surface area (Å²) in [7, 11) is 0. The molecule has 0 spiro atoms. The van der Waals surface area contributed by atoms with Crippen molar-refractivity contribution in [3.63, 3.8) is 0 Å². The number of aromatic nitrogens is 1. The zero-order chi connectivity index (χ0) is 13.3. The summed E-state index contributed by atoms with van der Waals surface area (Å²) in [5, 5.41) is 3.76. The van der Waals surface area contributed by atoms with Crippen LogP contribution in [0.4, 0.5) is 15.9 Å². The Morgan fingerprint density at radius 2 is 1.83 bits per heavy atom. The van der Waals surface area contributed by atoms with E-state index in [1.807, 2.05) is 0 Å². The minimum absolute atomic E-state index is 0.156. The van der Waals surface area contributed by atoms with Gasteiger partial charge in [0.1, 0.15) is 11.0 Å². The van der Waals surface area contributed by atoms with Crippen LogP contribution in [0.3, 0.4) is 0 Å². The summed E-state index contributed by atoms with van der Waals surface area (Å²) in [6.45, 7) is 1.77. The topological polar surface area (TPSA) is 24.9 Å². The number of hydrogen-bond acceptors (Lipinski definition) is 2. The number of nitrogens with one attached hydrogen (secondary N) is 1. The molecule has 0 aliphatic carbocycles. The van der Waals surface area contributed by atoms with Gasteiger partial charge in [-0.15, -0.1) is 0 Å². The van der Waals surface area contributed by atoms with Gasteiger partial charge in [0.05, 0.1) is 10.0 Å². The van der Waals surface area contributed by atoms with Crippen LogP contribution >= 0.6 is 34.8 Å². The van der Waals surface area contributed by atoms with Crippen LogP contribution in [0.2, 0.25) is 15.2 Å². The van der Waals surface area contributed by atoms with Crippen LogP contribution in [-0.4, -0.2) is 4.98 Å². The molecule has 2 rings (SSSR count). The zero-order valence-corrected chi connectivity index (χ0v) is 11.5. The van der Waals surface area contributed by atoms with Crippen LogP contribution in [-0.2, 0) is 0 Å². The smallest absolute Gasteiger partial charge is 0.151 e. The lowest BCUT2D eigenvalue weighted by Gasteiger charge is -2.11. The second kappa shape index (κ2) is 5.31. The number of benzene rings is 1. The third-order valence-electron chi connectivity index (χ3n) is 2.33.